The van der Waals surface area contributed by atoms with Gasteiger partial charge in [-0.05, 0) is 30.9 Å². The first kappa shape index (κ1) is 14.9. The predicted molar refractivity (Wildman–Crippen MR) is 75.5 cm³/mol. The molecule has 2 rings (SSSR count). The smallest absolute Gasteiger partial charge is 0.238 e. The second kappa shape index (κ2) is 6.32. The lowest BCUT2D eigenvalue weighted by molar-refractivity contribution is -0.124. The molecule has 1 amide bonds. The highest BCUT2D eigenvalue weighted by molar-refractivity contribution is 7.88. The minimum atomic E-state index is -3.31. The standard InChI is InChI=1S/C13H19N3O3S/c1-20(18,19)16-9-3-5-12(16)13(17)15-8-6-11-4-2-7-14-10-11/h2,4,7,10,12H,3,5-6,8-9H2,1H3,(H,15,17)/t12-/m0/s1. The normalized spacial score (nSPS) is 19.9. The van der Waals surface area contributed by atoms with Gasteiger partial charge in [0.2, 0.25) is 15.9 Å². The molecule has 0 unspecified atom stereocenters. The molecule has 0 radical (unpaired) electrons. The lowest BCUT2D eigenvalue weighted by atomic mass is 10.2. The van der Waals surface area contributed by atoms with Crippen LogP contribution in [-0.2, 0) is 21.2 Å². The number of nitrogens with zero attached hydrogens (tertiary/aromatic N) is 2. The summed E-state index contributed by atoms with van der Waals surface area (Å²) < 4.78 is 24.4. The Hall–Kier alpha value is -1.47. The van der Waals surface area contributed by atoms with Crippen LogP contribution in [0.2, 0.25) is 0 Å². The SMILES string of the molecule is CS(=O)(=O)N1CCC[C@H]1C(=O)NCCc1cccnc1. The number of aromatic nitrogens is 1. The molecule has 1 saturated heterocycles. The zero-order valence-corrected chi connectivity index (χ0v) is 12.3. The second-order valence-electron chi connectivity index (χ2n) is 4.93. The number of carbonyl (C=O) groups excluding carboxylic acids is 1. The molecule has 0 spiro atoms. The summed E-state index contributed by atoms with van der Waals surface area (Å²) in [5.41, 5.74) is 1.04. The van der Waals surface area contributed by atoms with E-state index in [9.17, 15) is 13.2 Å². The van der Waals surface area contributed by atoms with Crippen LogP contribution in [-0.4, -0.2) is 49.0 Å². The second-order valence-corrected chi connectivity index (χ2v) is 6.87. The fourth-order valence-electron chi connectivity index (χ4n) is 2.39. The number of amides is 1. The van der Waals surface area contributed by atoms with Crippen molar-refractivity contribution in [1.82, 2.24) is 14.6 Å². The van der Waals surface area contributed by atoms with E-state index in [4.69, 9.17) is 0 Å². The lowest BCUT2D eigenvalue weighted by Crippen LogP contribution is -2.45. The highest BCUT2D eigenvalue weighted by Crippen LogP contribution is 2.20. The van der Waals surface area contributed by atoms with E-state index in [1.165, 1.54) is 4.31 Å². The van der Waals surface area contributed by atoms with E-state index >= 15 is 0 Å². The maximum Gasteiger partial charge on any atom is 0.238 e. The third-order valence-corrected chi connectivity index (χ3v) is 4.66. The summed E-state index contributed by atoms with van der Waals surface area (Å²) in [5.74, 6) is -0.211. The number of sulfonamides is 1. The Morgan fingerprint density at radius 1 is 1.55 bits per heavy atom. The van der Waals surface area contributed by atoms with Crippen LogP contribution in [0.1, 0.15) is 18.4 Å². The number of rotatable bonds is 5. The number of pyridine rings is 1. The third-order valence-electron chi connectivity index (χ3n) is 3.37. The topological polar surface area (TPSA) is 79.4 Å². The maximum absolute atomic E-state index is 12.1. The summed E-state index contributed by atoms with van der Waals surface area (Å²) in [6, 6.07) is 3.23. The first-order valence-electron chi connectivity index (χ1n) is 6.62. The minimum Gasteiger partial charge on any atom is -0.354 e. The largest absolute Gasteiger partial charge is 0.354 e. The van der Waals surface area contributed by atoms with Crippen LogP contribution in [0, 0.1) is 0 Å². The van der Waals surface area contributed by atoms with Gasteiger partial charge in [-0.25, -0.2) is 8.42 Å². The van der Waals surface area contributed by atoms with Crippen molar-refractivity contribution in [1.29, 1.82) is 0 Å². The summed E-state index contributed by atoms with van der Waals surface area (Å²) in [4.78, 5) is 16.1. The van der Waals surface area contributed by atoms with Crippen LogP contribution in [0.3, 0.4) is 0 Å². The van der Waals surface area contributed by atoms with E-state index in [0.717, 1.165) is 18.2 Å². The average molecular weight is 297 g/mol. The Labute approximate surface area is 119 Å². The third kappa shape index (κ3) is 3.77. The van der Waals surface area contributed by atoms with Gasteiger partial charge in [-0.15, -0.1) is 0 Å². The van der Waals surface area contributed by atoms with E-state index in [-0.39, 0.29) is 5.91 Å². The van der Waals surface area contributed by atoms with Crippen molar-refractivity contribution in [3.05, 3.63) is 30.1 Å². The summed E-state index contributed by atoms with van der Waals surface area (Å²) in [6.07, 6.45) is 6.61. The van der Waals surface area contributed by atoms with Gasteiger partial charge >= 0.3 is 0 Å². The van der Waals surface area contributed by atoms with Gasteiger partial charge in [0.25, 0.3) is 0 Å². The highest BCUT2D eigenvalue weighted by atomic mass is 32.2. The van der Waals surface area contributed by atoms with Gasteiger partial charge in [-0.3, -0.25) is 9.78 Å². The highest BCUT2D eigenvalue weighted by Gasteiger charge is 2.36. The number of hydrogen-bond acceptors (Lipinski definition) is 4. The molecule has 7 heteroatoms. The van der Waals surface area contributed by atoms with Gasteiger partial charge in [0, 0.05) is 25.5 Å². The van der Waals surface area contributed by atoms with Crippen molar-refractivity contribution in [2.45, 2.75) is 25.3 Å². The van der Waals surface area contributed by atoms with Crippen LogP contribution in [0.15, 0.2) is 24.5 Å². The van der Waals surface area contributed by atoms with Crippen LogP contribution in [0.25, 0.3) is 0 Å². The van der Waals surface area contributed by atoms with Crippen LogP contribution < -0.4 is 5.32 Å². The zero-order chi connectivity index (χ0) is 14.6. The molecular formula is C13H19N3O3S. The summed E-state index contributed by atoms with van der Waals surface area (Å²) in [5, 5.41) is 2.80. The molecule has 0 bridgehead atoms. The molecule has 1 aromatic heterocycles. The molecule has 0 aromatic carbocycles. The first-order valence-corrected chi connectivity index (χ1v) is 8.47. The predicted octanol–water partition coefficient (Wildman–Crippen LogP) is 0.164. The molecule has 20 heavy (non-hydrogen) atoms. The summed E-state index contributed by atoms with van der Waals surface area (Å²) in [6.45, 7) is 0.915. The zero-order valence-electron chi connectivity index (χ0n) is 11.4. The van der Waals surface area contributed by atoms with Crippen molar-refractivity contribution in [3.8, 4) is 0 Å². The van der Waals surface area contributed by atoms with Crippen molar-refractivity contribution in [2.75, 3.05) is 19.3 Å². The Balaban J connectivity index is 1.86. The fourth-order valence-corrected chi connectivity index (χ4v) is 3.52. The Morgan fingerprint density at radius 2 is 2.35 bits per heavy atom. The molecule has 2 heterocycles. The van der Waals surface area contributed by atoms with Gasteiger partial charge in [-0.1, -0.05) is 6.07 Å². The number of carbonyl (C=O) groups is 1. The van der Waals surface area contributed by atoms with E-state index in [0.29, 0.717) is 25.9 Å². The fraction of sp³-hybridized carbons (Fsp3) is 0.538. The van der Waals surface area contributed by atoms with Crippen molar-refractivity contribution < 1.29 is 13.2 Å². The van der Waals surface area contributed by atoms with Gasteiger partial charge in [0.05, 0.1) is 6.26 Å². The molecule has 1 aliphatic heterocycles. The minimum absolute atomic E-state index is 0.211. The molecule has 1 aliphatic rings. The van der Waals surface area contributed by atoms with E-state index < -0.39 is 16.1 Å². The van der Waals surface area contributed by atoms with Crippen LogP contribution >= 0.6 is 0 Å². The molecule has 1 fully saturated rings. The van der Waals surface area contributed by atoms with Crippen molar-refractivity contribution >= 4 is 15.9 Å². The Bertz CT molecular complexity index is 559. The molecule has 1 N–H and O–H groups in total. The molecule has 1 atom stereocenters. The average Bonchev–Trinajstić information content (AvgIpc) is 2.89. The van der Waals surface area contributed by atoms with Gasteiger partial charge in [0.1, 0.15) is 6.04 Å². The molecule has 110 valence electrons. The van der Waals surface area contributed by atoms with E-state index in [1.807, 2.05) is 12.1 Å². The first-order chi connectivity index (χ1) is 9.48. The molecular weight excluding hydrogens is 278 g/mol. The monoisotopic (exact) mass is 297 g/mol. The number of nitrogens with one attached hydrogen (secondary N) is 1. The quantitative estimate of drug-likeness (QED) is 0.840. The van der Waals surface area contributed by atoms with Gasteiger partial charge in [0.15, 0.2) is 0 Å². The van der Waals surface area contributed by atoms with E-state index in [2.05, 4.69) is 10.3 Å². The van der Waals surface area contributed by atoms with Crippen LogP contribution in [0.4, 0.5) is 0 Å². The molecule has 0 aliphatic carbocycles. The number of hydrogen-bond donors (Lipinski definition) is 1. The lowest BCUT2D eigenvalue weighted by Gasteiger charge is -2.21. The summed E-state index contributed by atoms with van der Waals surface area (Å²) >= 11 is 0. The maximum atomic E-state index is 12.1. The van der Waals surface area contributed by atoms with Crippen molar-refractivity contribution in [3.63, 3.8) is 0 Å². The molecule has 0 saturated carbocycles. The summed E-state index contributed by atoms with van der Waals surface area (Å²) in [7, 11) is -3.31. The molecule has 1 aromatic rings. The van der Waals surface area contributed by atoms with Gasteiger partial charge < -0.3 is 5.32 Å². The Kier molecular flexibility index (Phi) is 4.72. The van der Waals surface area contributed by atoms with Crippen LogP contribution in [0.5, 0.6) is 0 Å². The van der Waals surface area contributed by atoms with Gasteiger partial charge in [-0.2, -0.15) is 4.31 Å². The molecule has 6 nitrogen and oxygen atoms in total. The van der Waals surface area contributed by atoms with E-state index in [1.54, 1.807) is 12.4 Å². The van der Waals surface area contributed by atoms with Crippen molar-refractivity contribution in [2.24, 2.45) is 0 Å². The Morgan fingerprint density at radius 3 is 3.00 bits per heavy atom.